The minimum atomic E-state index is -1.04. The molecule has 0 bridgehead atoms. The summed E-state index contributed by atoms with van der Waals surface area (Å²) in [7, 11) is -1.04. The van der Waals surface area contributed by atoms with E-state index >= 15 is 0 Å². The highest BCUT2D eigenvalue weighted by atomic mass is 32.2. The fourth-order valence-corrected chi connectivity index (χ4v) is 2.83. The van der Waals surface area contributed by atoms with Crippen LogP contribution < -0.4 is 5.73 Å². The van der Waals surface area contributed by atoms with Crippen LogP contribution in [0.1, 0.15) is 18.1 Å². The highest BCUT2D eigenvalue weighted by Crippen LogP contribution is 2.14. The number of aryl methyl sites for hydroxylation is 2. The molecule has 1 rings (SSSR count). The molecule has 0 amide bonds. The summed E-state index contributed by atoms with van der Waals surface area (Å²) in [6.07, 6.45) is -0.123. The van der Waals surface area contributed by atoms with Crippen molar-refractivity contribution in [2.24, 2.45) is 5.73 Å². The molecule has 0 aliphatic carbocycles. The van der Waals surface area contributed by atoms with E-state index in [1.165, 1.54) is 5.56 Å². The number of benzene rings is 1. The van der Waals surface area contributed by atoms with Crippen molar-refractivity contribution in [3.05, 3.63) is 29.3 Å². The molecule has 2 N–H and O–H groups in total. The summed E-state index contributed by atoms with van der Waals surface area (Å²) < 4.78 is 17.5. The number of hydrogen-bond acceptors (Lipinski definition) is 3. The van der Waals surface area contributed by atoms with Gasteiger partial charge in [0.25, 0.3) is 0 Å². The summed E-state index contributed by atoms with van der Waals surface area (Å²) in [5.41, 5.74) is 7.96. The van der Waals surface area contributed by atoms with Gasteiger partial charge in [0.15, 0.2) is 0 Å². The van der Waals surface area contributed by atoms with Gasteiger partial charge in [0, 0.05) is 18.0 Å². The monoisotopic (exact) mass is 255 g/mol. The molecule has 0 aromatic heterocycles. The highest BCUT2D eigenvalue weighted by Gasteiger charge is 2.13. The Morgan fingerprint density at radius 3 is 2.59 bits per heavy atom. The van der Waals surface area contributed by atoms with Crippen molar-refractivity contribution in [1.29, 1.82) is 0 Å². The first-order valence-electron chi connectivity index (χ1n) is 5.85. The zero-order valence-electron chi connectivity index (χ0n) is 10.7. The van der Waals surface area contributed by atoms with Crippen LogP contribution in [0.5, 0.6) is 0 Å². The van der Waals surface area contributed by atoms with E-state index in [1.54, 1.807) is 0 Å². The first-order valence-corrected chi connectivity index (χ1v) is 7.17. The third-order valence-electron chi connectivity index (χ3n) is 2.74. The molecule has 0 saturated carbocycles. The molecule has 0 aliphatic rings. The van der Waals surface area contributed by atoms with E-state index in [4.69, 9.17) is 10.5 Å². The topological polar surface area (TPSA) is 52.3 Å². The van der Waals surface area contributed by atoms with E-state index in [1.807, 2.05) is 39.0 Å². The molecule has 1 aromatic rings. The lowest BCUT2D eigenvalue weighted by Crippen LogP contribution is -2.29. The Kier molecular flexibility index (Phi) is 5.82. The number of ether oxygens (including phenoxy) is 1. The van der Waals surface area contributed by atoms with Crippen LogP contribution in [0.4, 0.5) is 0 Å². The molecule has 1 aromatic carbocycles. The summed E-state index contributed by atoms with van der Waals surface area (Å²) in [5, 5.41) is 0. The van der Waals surface area contributed by atoms with E-state index in [-0.39, 0.29) is 6.10 Å². The quantitative estimate of drug-likeness (QED) is 0.843. The minimum absolute atomic E-state index is 0.123. The molecule has 0 fully saturated rings. The van der Waals surface area contributed by atoms with Crippen LogP contribution in [0.2, 0.25) is 0 Å². The predicted molar refractivity (Wildman–Crippen MR) is 71.7 cm³/mol. The average Bonchev–Trinajstić information content (AvgIpc) is 2.31. The van der Waals surface area contributed by atoms with E-state index in [0.717, 1.165) is 10.5 Å². The molecule has 2 atom stereocenters. The highest BCUT2D eigenvalue weighted by molar-refractivity contribution is 7.85. The Hall–Kier alpha value is -0.710. The molecule has 17 heavy (non-hydrogen) atoms. The van der Waals surface area contributed by atoms with Gasteiger partial charge in [0.2, 0.25) is 0 Å². The van der Waals surface area contributed by atoms with Gasteiger partial charge in [-0.05, 0) is 44.0 Å². The summed E-state index contributed by atoms with van der Waals surface area (Å²) in [4.78, 5) is 0.853. The van der Waals surface area contributed by atoms with Crippen molar-refractivity contribution >= 4 is 10.8 Å². The van der Waals surface area contributed by atoms with E-state index in [0.29, 0.717) is 18.9 Å². The second-order valence-corrected chi connectivity index (χ2v) is 5.57. The van der Waals surface area contributed by atoms with Crippen LogP contribution in [0.15, 0.2) is 23.1 Å². The van der Waals surface area contributed by atoms with Crippen molar-refractivity contribution in [3.63, 3.8) is 0 Å². The van der Waals surface area contributed by atoms with Crippen LogP contribution in [0.3, 0.4) is 0 Å². The molecule has 0 radical (unpaired) electrons. The Morgan fingerprint density at radius 1 is 1.35 bits per heavy atom. The van der Waals surface area contributed by atoms with Crippen LogP contribution in [-0.4, -0.2) is 29.2 Å². The second kappa shape index (κ2) is 6.89. The third-order valence-corrected chi connectivity index (χ3v) is 4.20. The van der Waals surface area contributed by atoms with Crippen LogP contribution >= 0.6 is 0 Å². The van der Waals surface area contributed by atoms with Crippen LogP contribution in [0, 0.1) is 13.8 Å². The maximum absolute atomic E-state index is 12.1. The third kappa shape index (κ3) is 4.22. The molecular formula is C13H21NO2S. The van der Waals surface area contributed by atoms with Gasteiger partial charge in [-0.25, -0.2) is 0 Å². The molecule has 4 heteroatoms. The normalized spacial score (nSPS) is 14.6. The fourth-order valence-electron chi connectivity index (χ4n) is 1.54. The summed E-state index contributed by atoms with van der Waals surface area (Å²) in [6.45, 7) is 7.00. The zero-order valence-corrected chi connectivity index (χ0v) is 11.5. The van der Waals surface area contributed by atoms with Crippen molar-refractivity contribution in [2.75, 3.05) is 18.9 Å². The zero-order chi connectivity index (χ0) is 12.8. The summed E-state index contributed by atoms with van der Waals surface area (Å²) in [5.74, 6) is 0.465. The Morgan fingerprint density at radius 2 is 2.06 bits per heavy atom. The van der Waals surface area contributed by atoms with Gasteiger partial charge >= 0.3 is 0 Å². The lowest BCUT2D eigenvalue weighted by atomic mass is 10.1. The molecule has 0 saturated heterocycles. The van der Waals surface area contributed by atoms with Crippen molar-refractivity contribution in [2.45, 2.75) is 31.8 Å². The predicted octanol–water partition coefficient (Wildman–Crippen LogP) is 1.77. The SMILES string of the molecule is CCOC(CN)CS(=O)c1ccc(C)c(C)c1. The van der Waals surface area contributed by atoms with Crippen molar-refractivity contribution in [3.8, 4) is 0 Å². The first-order chi connectivity index (χ1) is 8.08. The Bertz CT molecular complexity index is 393. The lowest BCUT2D eigenvalue weighted by molar-refractivity contribution is 0.0852. The van der Waals surface area contributed by atoms with Gasteiger partial charge in [-0.1, -0.05) is 6.07 Å². The molecule has 0 heterocycles. The largest absolute Gasteiger partial charge is 0.376 e. The minimum Gasteiger partial charge on any atom is -0.376 e. The molecule has 2 unspecified atom stereocenters. The summed E-state index contributed by atoms with van der Waals surface area (Å²) >= 11 is 0. The van der Waals surface area contributed by atoms with Gasteiger partial charge in [-0.3, -0.25) is 4.21 Å². The smallest absolute Gasteiger partial charge is 0.0815 e. The van der Waals surface area contributed by atoms with E-state index < -0.39 is 10.8 Å². The lowest BCUT2D eigenvalue weighted by Gasteiger charge is -2.14. The summed E-state index contributed by atoms with van der Waals surface area (Å²) in [6, 6.07) is 5.89. The number of rotatable bonds is 6. The van der Waals surface area contributed by atoms with Gasteiger partial charge in [-0.2, -0.15) is 0 Å². The fraction of sp³-hybridized carbons (Fsp3) is 0.538. The van der Waals surface area contributed by atoms with Crippen molar-refractivity contribution in [1.82, 2.24) is 0 Å². The molecule has 3 nitrogen and oxygen atoms in total. The number of hydrogen-bond donors (Lipinski definition) is 1. The van der Waals surface area contributed by atoms with Gasteiger partial charge < -0.3 is 10.5 Å². The number of nitrogens with two attached hydrogens (primary N) is 1. The first kappa shape index (κ1) is 14.4. The molecule has 0 spiro atoms. The maximum atomic E-state index is 12.1. The average molecular weight is 255 g/mol. The standard InChI is InChI=1S/C13H21NO2S/c1-4-16-12(8-14)9-17(15)13-6-5-10(2)11(3)7-13/h5-7,12H,4,8-9,14H2,1-3H3. The Balaban J connectivity index is 2.72. The molecule has 0 aliphatic heterocycles. The second-order valence-electron chi connectivity index (χ2n) is 4.07. The van der Waals surface area contributed by atoms with E-state index in [2.05, 4.69) is 0 Å². The molecular weight excluding hydrogens is 234 g/mol. The van der Waals surface area contributed by atoms with E-state index in [9.17, 15) is 4.21 Å². The Labute approximate surface area is 106 Å². The molecule has 96 valence electrons. The van der Waals surface area contributed by atoms with Crippen LogP contribution in [-0.2, 0) is 15.5 Å². The van der Waals surface area contributed by atoms with Crippen molar-refractivity contribution < 1.29 is 8.95 Å². The van der Waals surface area contributed by atoms with Gasteiger partial charge in [0.05, 0.1) is 22.7 Å². The maximum Gasteiger partial charge on any atom is 0.0815 e. The van der Waals surface area contributed by atoms with Crippen LogP contribution in [0.25, 0.3) is 0 Å². The van der Waals surface area contributed by atoms with Gasteiger partial charge in [-0.15, -0.1) is 0 Å². The van der Waals surface area contributed by atoms with Gasteiger partial charge in [0.1, 0.15) is 0 Å².